The number of ether oxygens (including phenoxy) is 1. The first-order valence-electron chi connectivity index (χ1n) is 5.37. The molecule has 1 heterocycles. The Labute approximate surface area is 91.9 Å². The Morgan fingerprint density at radius 3 is 2.07 bits per heavy atom. The highest BCUT2D eigenvalue weighted by atomic mass is 16.6. The van der Waals surface area contributed by atoms with Crippen LogP contribution >= 0.6 is 0 Å². The number of nitrogens with two attached hydrogens (primary N) is 1. The van der Waals surface area contributed by atoms with Gasteiger partial charge in [0.1, 0.15) is 6.23 Å². The predicted molar refractivity (Wildman–Crippen MR) is 61.3 cm³/mol. The van der Waals surface area contributed by atoms with Crippen LogP contribution < -0.4 is 11.1 Å². The lowest BCUT2D eigenvalue weighted by Gasteiger charge is -2.08. The first kappa shape index (κ1) is 14.1. The molecule has 0 aromatic rings. The lowest BCUT2D eigenvalue weighted by molar-refractivity contribution is -0.143. The highest BCUT2D eigenvalue weighted by Gasteiger charge is 2.03. The minimum atomic E-state index is -0.547. The minimum absolute atomic E-state index is 0.368. The molecule has 0 aromatic heterocycles. The summed E-state index contributed by atoms with van der Waals surface area (Å²) in [5.74, 6) is -0.440. The summed E-state index contributed by atoms with van der Waals surface area (Å²) in [5, 5.41) is 3.28. The number of esters is 1. The molecule has 1 aliphatic heterocycles. The van der Waals surface area contributed by atoms with Crippen LogP contribution in [0.15, 0.2) is 12.2 Å². The van der Waals surface area contributed by atoms with E-state index in [4.69, 9.17) is 5.73 Å². The fraction of sp³-hybridized carbons (Fsp3) is 0.727. The second-order valence-electron chi connectivity index (χ2n) is 3.70. The zero-order valence-corrected chi connectivity index (χ0v) is 9.71. The van der Waals surface area contributed by atoms with Crippen molar-refractivity contribution in [1.29, 1.82) is 0 Å². The molecule has 1 aliphatic rings. The van der Waals surface area contributed by atoms with Gasteiger partial charge in [-0.3, -0.25) is 5.73 Å². The molecule has 0 spiro atoms. The summed E-state index contributed by atoms with van der Waals surface area (Å²) in [6.45, 7) is 9.04. The monoisotopic (exact) mass is 214 g/mol. The van der Waals surface area contributed by atoms with E-state index in [2.05, 4.69) is 16.6 Å². The van der Waals surface area contributed by atoms with Crippen LogP contribution in [0.25, 0.3) is 0 Å². The summed E-state index contributed by atoms with van der Waals surface area (Å²) in [4.78, 5) is 10.6. The average Bonchev–Trinajstić information content (AvgIpc) is 2.20. The van der Waals surface area contributed by atoms with Gasteiger partial charge < -0.3 is 10.1 Å². The highest BCUT2D eigenvalue weighted by molar-refractivity contribution is 5.86. The number of rotatable bonds is 2. The van der Waals surface area contributed by atoms with Crippen LogP contribution in [0.4, 0.5) is 0 Å². The third-order valence-electron chi connectivity index (χ3n) is 1.85. The van der Waals surface area contributed by atoms with E-state index in [1.54, 1.807) is 13.8 Å². The second kappa shape index (κ2) is 8.44. The van der Waals surface area contributed by atoms with E-state index >= 15 is 0 Å². The van der Waals surface area contributed by atoms with Gasteiger partial charge in [0.15, 0.2) is 0 Å². The zero-order valence-electron chi connectivity index (χ0n) is 9.71. The van der Waals surface area contributed by atoms with Crippen molar-refractivity contribution >= 4 is 5.97 Å². The third-order valence-corrected chi connectivity index (χ3v) is 1.85. The normalized spacial score (nSPS) is 17.0. The Kier molecular flexibility index (Phi) is 7.95. The number of carbonyl (C=O) groups is 1. The lowest BCUT2D eigenvalue weighted by atomic mass is 10.2. The molecule has 1 atom stereocenters. The van der Waals surface area contributed by atoms with Crippen LogP contribution in [0, 0.1) is 0 Å². The molecule has 0 amide bonds. The molecule has 1 unspecified atom stereocenters. The molecule has 3 N–H and O–H groups in total. The SMILES string of the molecule is C1CCNCC1.C=C(C)C(=O)OC(C)N. The summed E-state index contributed by atoms with van der Waals surface area (Å²) in [6.07, 6.45) is 3.67. The summed E-state index contributed by atoms with van der Waals surface area (Å²) < 4.78 is 4.55. The quantitative estimate of drug-likeness (QED) is 0.411. The molecule has 0 saturated carbocycles. The first-order valence-corrected chi connectivity index (χ1v) is 5.37. The first-order chi connectivity index (χ1) is 7.04. The van der Waals surface area contributed by atoms with E-state index in [-0.39, 0.29) is 0 Å². The maximum absolute atomic E-state index is 10.6. The van der Waals surface area contributed by atoms with Crippen molar-refractivity contribution in [2.24, 2.45) is 5.73 Å². The molecular formula is C11H22N2O2. The number of hydrogen-bond acceptors (Lipinski definition) is 4. The molecule has 15 heavy (non-hydrogen) atoms. The van der Waals surface area contributed by atoms with Gasteiger partial charge in [0.25, 0.3) is 0 Å². The maximum Gasteiger partial charge on any atom is 0.334 e. The standard InChI is InChI=1S/C6H11NO2.C5H11N/c1-4(2)6(8)9-5(3)7;1-2-4-6-5-3-1/h5H,1,7H2,2-3H3;6H,1-5H2. The largest absolute Gasteiger partial charge is 0.444 e. The van der Waals surface area contributed by atoms with E-state index in [0.29, 0.717) is 5.57 Å². The molecule has 1 fully saturated rings. The minimum Gasteiger partial charge on any atom is -0.444 e. The number of carbonyl (C=O) groups excluding carboxylic acids is 1. The van der Waals surface area contributed by atoms with Crippen LogP contribution in [0.1, 0.15) is 33.1 Å². The Balaban J connectivity index is 0.000000280. The van der Waals surface area contributed by atoms with E-state index in [1.807, 2.05) is 0 Å². The van der Waals surface area contributed by atoms with Crippen molar-refractivity contribution < 1.29 is 9.53 Å². The fourth-order valence-corrected chi connectivity index (χ4v) is 1.07. The molecular weight excluding hydrogens is 192 g/mol. The van der Waals surface area contributed by atoms with Crippen LogP contribution in [0.2, 0.25) is 0 Å². The zero-order chi connectivity index (χ0) is 11.7. The predicted octanol–water partition coefficient (Wildman–Crippen LogP) is 1.17. The summed E-state index contributed by atoms with van der Waals surface area (Å²) >= 11 is 0. The van der Waals surface area contributed by atoms with Crippen molar-refractivity contribution in [3.8, 4) is 0 Å². The number of hydrogen-bond donors (Lipinski definition) is 2. The van der Waals surface area contributed by atoms with Gasteiger partial charge in [-0.15, -0.1) is 0 Å². The second-order valence-corrected chi connectivity index (χ2v) is 3.70. The topological polar surface area (TPSA) is 64.3 Å². The Bertz CT molecular complexity index is 187. The van der Waals surface area contributed by atoms with Gasteiger partial charge in [-0.25, -0.2) is 4.79 Å². The average molecular weight is 214 g/mol. The van der Waals surface area contributed by atoms with Gasteiger partial charge >= 0.3 is 5.97 Å². The van der Waals surface area contributed by atoms with Gasteiger partial charge in [0, 0.05) is 5.57 Å². The van der Waals surface area contributed by atoms with Crippen LogP contribution in [-0.4, -0.2) is 25.3 Å². The van der Waals surface area contributed by atoms with Gasteiger partial charge in [0.05, 0.1) is 0 Å². The summed E-state index contributed by atoms with van der Waals surface area (Å²) in [7, 11) is 0. The molecule has 0 aliphatic carbocycles. The van der Waals surface area contributed by atoms with Gasteiger partial charge in [0.2, 0.25) is 0 Å². The van der Waals surface area contributed by atoms with Crippen LogP contribution in [0.5, 0.6) is 0 Å². The molecule has 4 nitrogen and oxygen atoms in total. The summed E-state index contributed by atoms with van der Waals surface area (Å²) in [6, 6.07) is 0. The molecule has 0 radical (unpaired) electrons. The Morgan fingerprint density at radius 1 is 1.40 bits per heavy atom. The molecule has 88 valence electrons. The van der Waals surface area contributed by atoms with Crippen LogP contribution in [0.3, 0.4) is 0 Å². The van der Waals surface area contributed by atoms with Crippen molar-refractivity contribution in [2.75, 3.05) is 13.1 Å². The van der Waals surface area contributed by atoms with E-state index in [1.165, 1.54) is 32.4 Å². The van der Waals surface area contributed by atoms with E-state index in [9.17, 15) is 4.79 Å². The third kappa shape index (κ3) is 9.43. The molecule has 0 aromatic carbocycles. The van der Waals surface area contributed by atoms with Crippen molar-refractivity contribution in [3.05, 3.63) is 12.2 Å². The number of piperidine rings is 1. The molecule has 1 saturated heterocycles. The smallest absolute Gasteiger partial charge is 0.334 e. The Morgan fingerprint density at radius 2 is 1.93 bits per heavy atom. The van der Waals surface area contributed by atoms with E-state index < -0.39 is 12.2 Å². The lowest BCUT2D eigenvalue weighted by Crippen LogP contribution is -2.23. The highest BCUT2D eigenvalue weighted by Crippen LogP contribution is 1.96. The van der Waals surface area contributed by atoms with Crippen molar-refractivity contribution in [3.63, 3.8) is 0 Å². The molecule has 0 bridgehead atoms. The van der Waals surface area contributed by atoms with E-state index in [0.717, 1.165) is 0 Å². The molecule has 4 heteroatoms. The summed E-state index contributed by atoms with van der Waals surface area (Å²) in [5.41, 5.74) is 5.51. The van der Waals surface area contributed by atoms with Crippen LogP contribution in [-0.2, 0) is 9.53 Å². The number of nitrogens with one attached hydrogen (secondary N) is 1. The maximum atomic E-state index is 10.6. The van der Waals surface area contributed by atoms with Crippen molar-refractivity contribution in [1.82, 2.24) is 5.32 Å². The Hall–Kier alpha value is -0.870. The molecule has 1 rings (SSSR count). The van der Waals surface area contributed by atoms with Gasteiger partial charge in [-0.1, -0.05) is 13.0 Å². The van der Waals surface area contributed by atoms with Gasteiger partial charge in [-0.05, 0) is 39.8 Å². The van der Waals surface area contributed by atoms with Crippen molar-refractivity contribution in [2.45, 2.75) is 39.3 Å². The van der Waals surface area contributed by atoms with Gasteiger partial charge in [-0.2, -0.15) is 0 Å². The fourth-order valence-electron chi connectivity index (χ4n) is 1.07.